The minimum absolute atomic E-state index is 0.234. The van der Waals surface area contributed by atoms with Crippen LogP contribution >= 0.6 is 0 Å². The van der Waals surface area contributed by atoms with Crippen molar-refractivity contribution in [1.82, 2.24) is 5.32 Å². The lowest BCUT2D eigenvalue weighted by molar-refractivity contribution is -0.0689. The van der Waals surface area contributed by atoms with Gasteiger partial charge in [-0.25, -0.2) is 8.78 Å². The highest BCUT2D eigenvalue weighted by atomic mass is 19.2. The molecule has 3 nitrogen and oxygen atoms in total. The summed E-state index contributed by atoms with van der Waals surface area (Å²) in [5.74, 6) is -2.85. The molecule has 2 N–H and O–H groups in total. The van der Waals surface area contributed by atoms with Crippen LogP contribution in [0.1, 0.15) is 30.6 Å². The fourth-order valence-corrected chi connectivity index (χ4v) is 2.06. The highest BCUT2D eigenvalue weighted by Gasteiger charge is 2.48. The predicted molar refractivity (Wildman–Crippen MR) is 62.0 cm³/mol. The van der Waals surface area contributed by atoms with Crippen molar-refractivity contribution in [2.24, 2.45) is 5.41 Å². The van der Waals surface area contributed by atoms with E-state index in [0.717, 1.165) is 6.07 Å². The van der Waals surface area contributed by atoms with Gasteiger partial charge in [0, 0.05) is 11.5 Å². The lowest BCUT2D eigenvalue weighted by Crippen LogP contribution is -2.61. The molecule has 1 aromatic carbocycles. The third kappa shape index (κ3) is 1.99. The van der Waals surface area contributed by atoms with E-state index < -0.39 is 29.1 Å². The second-order valence-corrected chi connectivity index (χ2v) is 5.20. The van der Waals surface area contributed by atoms with Crippen LogP contribution < -0.4 is 5.32 Å². The predicted octanol–water partition coefficient (Wildman–Crippen LogP) is 1.85. The minimum Gasteiger partial charge on any atom is -0.392 e. The van der Waals surface area contributed by atoms with E-state index in [1.807, 2.05) is 13.8 Å². The van der Waals surface area contributed by atoms with Crippen LogP contribution in [0.2, 0.25) is 0 Å². The molecule has 2 unspecified atom stereocenters. The summed E-state index contributed by atoms with van der Waals surface area (Å²) in [5.41, 5.74) is -0.758. The largest absolute Gasteiger partial charge is 0.392 e. The number of benzene rings is 1. The molecule has 0 aromatic heterocycles. The second-order valence-electron chi connectivity index (χ2n) is 5.20. The van der Waals surface area contributed by atoms with Crippen molar-refractivity contribution in [2.45, 2.75) is 32.4 Å². The van der Waals surface area contributed by atoms with Gasteiger partial charge in [-0.1, -0.05) is 19.9 Å². The van der Waals surface area contributed by atoms with Crippen molar-refractivity contribution in [3.8, 4) is 0 Å². The molecule has 0 saturated heterocycles. The van der Waals surface area contributed by atoms with Gasteiger partial charge in [-0.2, -0.15) is 0 Å². The summed E-state index contributed by atoms with van der Waals surface area (Å²) < 4.78 is 26.4. The van der Waals surface area contributed by atoms with Crippen molar-refractivity contribution in [1.29, 1.82) is 0 Å². The first-order valence-corrected chi connectivity index (χ1v) is 5.77. The summed E-state index contributed by atoms with van der Waals surface area (Å²) in [7, 11) is 0. The Labute approximate surface area is 104 Å². The van der Waals surface area contributed by atoms with Gasteiger partial charge < -0.3 is 10.4 Å². The van der Waals surface area contributed by atoms with Crippen LogP contribution in [-0.4, -0.2) is 23.2 Å². The number of rotatable bonds is 2. The first-order chi connectivity index (χ1) is 8.34. The van der Waals surface area contributed by atoms with Crippen LogP contribution in [0.4, 0.5) is 8.78 Å². The molecule has 1 amide bonds. The van der Waals surface area contributed by atoms with E-state index in [0.29, 0.717) is 6.42 Å². The molecule has 0 bridgehead atoms. The van der Waals surface area contributed by atoms with Gasteiger partial charge in [-0.15, -0.1) is 0 Å². The van der Waals surface area contributed by atoms with E-state index >= 15 is 0 Å². The van der Waals surface area contributed by atoms with Crippen molar-refractivity contribution in [3.63, 3.8) is 0 Å². The summed E-state index contributed by atoms with van der Waals surface area (Å²) in [6.45, 7) is 3.63. The number of halogens is 2. The fourth-order valence-electron chi connectivity index (χ4n) is 2.06. The SMILES string of the molecule is CC1(C)C(O)CC1NC(=O)c1cccc(F)c1F. The first-order valence-electron chi connectivity index (χ1n) is 5.77. The van der Waals surface area contributed by atoms with Crippen LogP contribution in [0.15, 0.2) is 18.2 Å². The highest BCUT2D eigenvalue weighted by Crippen LogP contribution is 2.40. The fraction of sp³-hybridized carbons (Fsp3) is 0.462. The summed E-state index contributed by atoms with van der Waals surface area (Å²) in [6, 6.07) is 3.25. The Morgan fingerprint density at radius 2 is 2.11 bits per heavy atom. The molecule has 0 heterocycles. The Morgan fingerprint density at radius 1 is 1.44 bits per heavy atom. The molecule has 18 heavy (non-hydrogen) atoms. The minimum atomic E-state index is -1.15. The van der Waals surface area contributed by atoms with Gasteiger partial charge in [-0.05, 0) is 18.6 Å². The standard InChI is InChI=1S/C13H15F2NO2/c1-13(2)9(6-10(13)17)16-12(18)7-4-3-5-8(14)11(7)15/h3-5,9-10,17H,6H2,1-2H3,(H,16,18). The topological polar surface area (TPSA) is 49.3 Å². The van der Waals surface area contributed by atoms with Gasteiger partial charge in [-0.3, -0.25) is 4.79 Å². The Balaban J connectivity index is 2.12. The molecule has 1 aliphatic rings. The number of amides is 1. The van der Waals surface area contributed by atoms with Crippen LogP contribution in [0.5, 0.6) is 0 Å². The van der Waals surface area contributed by atoms with Crippen LogP contribution in [0.25, 0.3) is 0 Å². The molecule has 2 rings (SSSR count). The van der Waals surface area contributed by atoms with Crippen LogP contribution in [0.3, 0.4) is 0 Å². The number of aliphatic hydroxyl groups is 1. The van der Waals surface area contributed by atoms with Crippen molar-refractivity contribution in [3.05, 3.63) is 35.4 Å². The zero-order chi connectivity index (χ0) is 13.5. The lowest BCUT2D eigenvalue weighted by atomic mass is 9.64. The quantitative estimate of drug-likeness (QED) is 0.847. The van der Waals surface area contributed by atoms with E-state index in [2.05, 4.69) is 5.32 Å². The number of carbonyl (C=O) groups is 1. The second kappa shape index (κ2) is 4.31. The summed E-state index contributed by atoms with van der Waals surface area (Å²) in [5, 5.41) is 12.2. The van der Waals surface area contributed by atoms with Crippen molar-refractivity contribution in [2.75, 3.05) is 0 Å². The maximum Gasteiger partial charge on any atom is 0.254 e. The summed E-state index contributed by atoms with van der Waals surface area (Å²) in [4.78, 5) is 11.8. The zero-order valence-corrected chi connectivity index (χ0v) is 10.2. The molecule has 1 aliphatic carbocycles. The van der Waals surface area contributed by atoms with E-state index in [9.17, 15) is 18.7 Å². The van der Waals surface area contributed by atoms with Crippen LogP contribution in [-0.2, 0) is 0 Å². The molecule has 0 radical (unpaired) electrons. The van der Waals surface area contributed by atoms with E-state index in [1.165, 1.54) is 12.1 Å². The number of aliphatic hydroxyl groups excluding tert-OH is 1. The molecule has 1 aromatic rings. The van der Waals surface area contributed by atoms with Gasteiger partial charge in [0.05, 0.1) is 11.7 Å². The molecular formula is C13H15F2NO2. The molecular weight excluding hydrogens is 240 g/mol. The molecule has 5 heteroatoms. The summed E-state index contributed by atoms with van der Waals surface area (Å²) >= 11 is 0. The molecule has 1 saturated carbocycles. The number of nitrogens with one attached hydrogen (secondary N) is 1. The molecule has 98 valence electrons. The highest BCUT2D eigenvalue weighted by molar-refractivity contribution is 5.94. The van der Waals surface area contributed by atoms with Gasteiger partial charge in [0.15, 0.2) is 11.6 Å². The molecule has 0 aliphatic heterocycles. The van der Waals surface area contributed by atoms with Gasteiger partial charge >= 0.3 is 0 Å². The van der Waals surface area contributed by atoms with Crippen molar-refractivity contribution >= 4 is 5.91 Å². The average Bonchev–Trinajstić information content (AvgIpc) is 2.32. The first kappa shape index (κ1) is 13.0. The van der Waals surface area contributed by atoms with Crippen LogP contribution in [0, 0.1) is 17.0 Å². The van der Waals surface area contributed by atoms with Gasteiger partial charge in [0.1, 0.15) is 0 Å². The van der Waals surface area contributed by atoms with Gasteiger partial charge in [0.2, 0.25) is 0 Å². The smallest absolute Gasteiger partial charge is 0.254 e. The number of carbonyl (C=O) groups excluding carboxylic acids is 1. The van der Waals surface area contributed by atoms with Crippen molar-refractivity contribution < 1.29 is 18.7 Å². The lowest BCUT2D eigenvalue weighted by Gasteiger charge is -2.49. The molecule has 0 spiro atoms. The Bertz CT molecular complexity index is 488. The molecule has 2 atom stereocenters. The normalized spacial score (nSPS) is 25.4. The monoisotopic (exact) mass is 255 g/mol. The third-order valence-corrected chi connectivity index (χ3v) is 3.72. The maximum atomic E-state index is 13.4. The zero-order valence-electron chi connectivity index (χ0n) is 10.2. The number of hydrogen-bond acceptors (Lipinski definition) is 2. The van der Waals surface area contributed by atoms with E-state index in [1.54, 1.807) is 0 Å². The Morgan fingerprint density at radius 3 is 2.67 bits per heavy atom. The van der Waals surface area contributed by atoms with E-state index in [4.69, 9.17) is 0 Å². The average molecular weight is 255 g/mol. The maximum absolute atomic E-state index is 13.4. The van der Waals surface area contributed by atoms with E-state index in [-0.39, 0.29) is 11.6 Å². The van der Waals surface area contributed by atoms with Gasteiger partial charge in [0.25, 0.3) is 5.91 Å². The summed E-state index contributed by atoms with van der Waals surface area (Å²) in [6.07, 6.45) is -0.0597. The Kier molecular flexibility index (Phi) is 3.11. The number of hydrogen-bond donors (Lipinski definition) is 2. The molecule has 1 fully saturated rings. The third-order valence-electron chi connectivity index (χ3n) is 3.72. The Hall–Kier alpha value is -1.49.